The van der Waals surface area contributed by atoms with Crippen LogP contribution in [0.4, 0.5) is 0 Å². The number of Topliss-reactive ketones (excluding diaryl/α,β-unsaturated/α-hetero) is 1. The summed E-state index contributed by atoms with van der Waals surface area (Å²) in [7, 11) is 0. The van der Waals surface area contributed by atoms with Crippen molar-refractivity contribution in [1.29, 1.82) is 0 Å². The van der Waals surface area contributed by atoms with E-state index in [1.165, 1.54) is 12.1 Å². The van der Waals surface area contributed by atoms with E-state index < -0.39 is 0 Å². The highest BCUT2D eigenvalue weighted by molar-refractivity contribution is 6.32. The summed E-state index contributed by atoms with van der Waals surface area (Å²) in [6, 6.07) is 2.65. The Kier molecular flexibility index (Phi) is 4.55. The molecule has 1 amide bonds. The molecule has 1 fully saturated rings. The third-order valence-electron chi connectivity index (χ3n) is 5.46. The molecule has 0 atom stereocenters. The van der Waals surface area contributed by atoms with Crippen LogP contribution in [0.3, 0.4) is 0 Å². The summed E-state index contributed by atoms with van der Waals surface area (Å²) >= 11 is 5.99. The maximum Gasteiger partial charge on any atom is 0.226 e. The molecule has 142 valence electrons. The Balaban J connectivity index is 1.60. The molecule has 1 aliphatic carbocycles. The number of halogens is 1. The Morgan fingerprint density at radius 3 is 2.67 bits per heavy atom. The lowest BCUT2D eigenvalue weighted by Gasteiger charge is -2.32. The van der Waals surface area contributed by atoms with Crippen LogP contribution in [0, 0.1) is 5.92 Å². The van der Waals surface area contributed by atoms with Crippen LogP contribution in [-0.2, 0) is 22.6 Å². The number of phenols is 2. The Hall–Kier alpha value is -2.54. The van der Waals surface area contributed by atoms with Gasteiger partial charge in [0, 0.05) is 61.2 Å². The molecule has 1 saturated carbocycles. The second kappa shape index (κ2) is 6.88. The van der Waals surface area contributed by atoms with Crippen LogP contribution in [0.15, 0.2) is 12.1 Å². The first-order valence-corrected chi connectivity index (χ1v) is 9.40. The van der Waals surface area contributed by atoms with Gasteiger partial charge in [-0.15, -0.1) is 0 Å². The first-order chi connectivity index (χ1) is 12.9. The SMILES string of the molecule is O=C1CCC(C(=O)N2CCc3[nH]nc(-c4cc(Cl)c(O)cc4O)c3C2)CC1. The van der Waals surface area contributed by atoms with Crippen LogP contribution in [0.2, 0.25) is 5.02 Å². The van der Waals surface area contributed by atoms with Crippen molar-refractivity contribution >= 4 is 23.3 Å². The van der Waals surface area contributed by atoms with Crippen molar-refractivity contribution in [2.45, 2.75) is 38.6 Å². The molecule has 27 heavy (non-hydrogen) atoms. The van der Waals surface area contributed by atoms with Crippen LogP contribution < -0.4 is 0 Å². The van der Waals surface area contributed by atoms with Gasteiger partial charge in [-0.25, -0.2) is 0 Å². The van der Waals surface area contributed by atoms with Crippen molar-refractivity contribution in [3.8, 4) is 22.8 Å². The summed E-state index contributed by atoms with van der Waals surface area (Å²) in [6.45, 7) is 0.989. The van der Waals surface area contributed by atoms with Gasteiger partial charge in [0.25, 0.3) is 0 Å². The molecule has 7 nitrogen and oxygen atoms in total. The number of phenolic OH excluding ortho intramolecular Hbond substituents is 2. The number of fused-ring (bicyclic) bond motifs is 1. The number of benzene rings is 1. The van der Waals surface area contributed by atoms with E-state index in [0.29, 0.717) is 56.5 Å². The van der Waals surface area contributed by atoms with Gasteiger partial charge in [-0.05, 0) is 18.9 Å². The normalized spacial score (nSPS) is 17.8. The van der Waals surface area contributed by atoms with E-state index >= 15 is 0 Å². The number of carbonyl (C=O) groups excluding carboxylic acids is 2. The number of H-pyrrole nitrogens is 1. The lowest BCUT2D eigenvalue weighted by Crippen LogP contribution is -2.40. The molecular weight excluding hydrogens is 370 g/mol. The van der Waals surface area contributed by atoms with Crippen molar-refractivity contribution in [3.05, 3.63) is 28.4 Å². The number of amides is 1. The quantitative estimate of drug-likeness (QED) is 0.732. The summed E-state index contributed by atoms with van der Waals surface area (Å²) < 4.78 is 0. The third kappa shape index (κ3) is 3.27. The van der Waals surface area contributed by atoms with Gasteiger partial charge >= 0.3 is 0 Å². The van der Waals surface area contributed by atoms with Crippen molar-refractivity contribution in [2.24, 2.45) is 5.92 Å². The van der Waals surface area contributed by atoms with Crippen LogP contribution in [-0.4, -0.2) is 43.5 Å². The van der Waals surface area contributed by atoms with E-state index in [1.54, 1.807) is 4.90 Å². The second-order valence-corrected chi connectivity index (χ2v) is 7.58. The average Bonchev–Trinajstić information content (AvgIpc) is 3.07. The van der Waals surface area contributed by atoms with Crippen molar-refractivity contribution in [1.82, 2.24) is 15.1 Å². The molecule has 1 aromatic carbocycles. The number of carbonyl (C=O) groups is 2. The topological polar surface area (TPSA) is 107 Å². The maximum atomic E-state index is 12.9. The number of rotatable bonds is 2. The molecule has 3 N–H and O–H groups in total. The smallest absolute Gasteiger partial charge is 0.226 e. The van der Waals surface area contributed by atoms with Crippen molar-refractivity contribution in [3.63, 3.8) is 0 Å². The number of aromatic nitrogens is 2. The highest BCUT2D eigenvalue weighted by Crippen LogP contribution is 2.39. The Labute approximate surface area is 160 Å². The summed E-state index contributed by atoms with van der Waals surface area (Å²) in [5.74, 6) is -0.118. The van der Waals surface area contributed by atoms with E-state index in [4.69, 9.17) is 11.6 Å². The van der Waals surface area contributed by atoms with E-state index in [9.17, 15) is 19.8 Å². The highest BCUT2D eigenvalue weighted by Gasteiger charge is 2.32. The first-order valence-electron chi connectivity index (χ1n) is 9.02. The van der Waals surface area contributed by atoms with Gasteiger partial charge in [-0.1, -0.05) is 11.6 Å². The molecular formula is C19H20ClN3O4. The average molecular weight is 390 g/mol. The lowest BCUT2D eigenvalue weighted by molar-refractivity contribution is -0.138. The highest BCUT2D eigenvalue weighted by atomic mass is 35.5. The fourth-order valence-electron chi connectivity index (χ4n) is 3.89. The predicted molar refractivity (Wildman–Crippen MR) is 98.4 cm³/mol. The van der Waals surface area contributed by atoms with Crippen molar-refractivity contribution < 1.29 is 19.8 Å². The number of nitrogens with zero attached hydrogens (tertiary/aromatic N) is 2. The molecule has 0 bridgehead atoms. The largest absolute Gasteiger partial charge is 0.507 e. The minimum Gasteiger partial charge on any atom is -0.507 e. The maximum absolute atomic E-state index is 12.9. The number of aromatic hydroxyl groups is 2. The van der Waals surface area contributed by atoms with Crippen LogP contribution in [0.5, 0.6) is 11.5 Å². The zero-order valence-electron chi connectivity index (χ0n) is 14.7. The molecule has 0 radical (unpaired) electrons. The molecule has 0 spiro atoms. The van der Waals surface area contributed by atoms with Gasteiger partial charge in [-0.2, -0.15) is 5.10 Å². The van der Waals surface area contributed by atoms with Gasteiger partial charge in [0.05, 0.1) is 5.02 Å². The standard InChI is InChI=1S/C19H20ClN3O4/c20-14-7-12(16(25)8-17(14)26)18-13-9-23(6-5-15(13)21-22-18)19(27)10-1-3-11(24)4-2-10/h7-8,10,25-26H,1-6,9H2,(H,21,22). The third-order valence-corrected chi connectivity index (χ3v) is 5.76. The molecule has 1 aromatic heterocycles. The van der Waals surface area contributed by atoms with Crippen LogP contribution in [0.25, 0.3) is 11.3 Å². The van der Waals surface area contributed by atoms with E-state index in [1.807, 2.05) is 0 Å². The van der Waals surface area contributed by atoms with Crippen LogP contribution >= 0.6 is 11.6 Å². The van der Waals surface area contributed by atoms with Gasteiger partial charge in [0.1, 0.15) is 23.0 Å². The number of hydrogen-bond acceptors (Lipinski definition) is 5. The summed E-state index contributed by atoms with van der Waals surface area (Å²) in [5.41, 5.74) is 2.71. The summed E-state index contributed by atoms with van der Waals surface area (Å²) in [5, 5.41) is 27.3. The molecule has 0 saturated heterocycles. The van der Waals surface area contributed by atoms with E-state index in [-0.39, 0.29) is 34.1 Å². The Bertz CT molecular complexity index is 914. The molecule has 4 rings (SSSR count). The first kappa shape index (κ1) is 17.9. The van der Waals surface area contributed by atoms with Gasteiger partial charge in [-0.3, -0.25) is 14.7 Å². The van der Waals surface area contributed by atoms with E-state index in [2.05, 4.69) is 10.2 Å². The fraction of sp³-hybridized carbons (Fsp3) is 0.421. The zero-order valence-corrected chi connectivity index (χ0v) is 15.4. The number of hydrogen-bond donors (Lipinski definition) is 3. The molecule has 0 unspecified atom stereocenters. The molecule has 1 aliphatic heterocycles. The second-order valence-electron chi connectivity index (χ2n) is 7.17. The number of nitrogens with one attached hydrogen (secondary N) is 1. The molecule has 2 heterocycles. The van der Waals surface area contributed by atoms with Crippen LogP contribution in [0.1, 0.15) is 36.9 Å². The Morgan fingerprint density at radius 2 is 1.93 bits per heavy atom. The Morgan fingerprint density at radius 1 is 1.19 bits per heavy atom. The zero-order chi connectivity index (χ0) is 19.1. The van der Waals surface area contributed by atoms with Gasteiger partial charge in [0.2, 0.25) is 5.91 Å². The molecule has 8 heteroatoms. The molecule has 2 aliphatic rings. The minimum absolute atomic E-state index is 0.0771. The van der Waals surface area contributed by atoms with Crippen molar-refractivity contribution in [2.75, 3.05) is 6.54 Å². The van der Waals surface area contributed by atoms with Gasteiger partial charge in [0.15, 0.2) is 0 Å². The van der Waals surface area contributed by atoms with E-state index in [0.717, 1.165) is 11.3 Å². The lowest BCUT2D eigenvalue weighted by atomic mass is 9.87. The van der Waals surface area contributed by atoms with Gasteiger partial charge < -0.3 is 15.1 Å². The minimum atomic E-state index is -0.203. The molecule has 2 aromatic rings. The monoisotopic (exact) mass is 389 g/mol. The fourth-order valence-corrected chi connectivity index (χ4v) is 4.06. The number of aromatic amines is 1. The summed E-state index contributed by atoms with van der Waals surface area (Å²) in [6.07, 6.45) is 2.84. The predicted octanol–water partition coefficient (Wildman–Crippen LogP) is 2.79. The number of ketones is 1. The summed E-state index contributed by atoms with van der Waals surface area (Å²) in [4.78, 5) is 26.1.